The lowest BCUT2D eigenvalue weighted by atomic mass is 9.74. The average Bonchev–Trinajstić information content (AvgIpc) is 3.53. The summed E-state index contributed by atoms with van der Waals surface area (Å²) in [5.41, 5.74) is 1.25. The highest BCUT2D eigenvalue weighted by Gasteiger charge is 2.72. The molecule has 1 aliphatic carbocycles. The number of benzene rings is 2. The molecule has 9 heteroatoms. The predicted octanol–water partition coefficient (Wildman–Crippen LogP) is 5.04. The van der Waals surface area contributed by atoms with Crippen LogP contribution in [-0.4, -0.2) is 46.4 Å². The summed E-state index contributed by atoms with van der Waals surface area (Å²) >= 11 is 12.3. The summed E-state index contributed by atoms with van der Waals surface area (Å²) in [6.45, 7) is 2.25. The third kappa shape index (κ3) is 4.75. The number of nitrogens with zero attached hydrogens (tertiary/aromatic N) is 1. The SMILES string of the molecule is Cc1ccc(CN2C(=O)[C@@H]3[C@@H](C(=O)Nc4cc(Cl)cc(Cl)c4)[C@@H]4C=C[C@@]3(O4)[C@H]2C(=O)NC2CCCCC2)cc1. The number of carbonyl (C=O) groups excluding carboxylic acids is 3. The molecule has 3 aliphatic heterocycles. The number of ether oxygens (including phenoxy) is 1. The molecule has 0 radical (unpaired) electrons. The summed E-state index contributed by atoms with van der Waals surface area (Å²) in [7, 11) is 0. The van der Waals surface area contributed by atoms with Gasteiger partial charge in [-0.3, -0.25) is 14.4 Å². The van der Waals surface area contributed by atoms with Crippen LogP contribution in [0.15, 0.2) is 54.6 Å². The van der Waals surface area contributed by atoms with Crippen molar-refractivity contribution in [2.75, 3.05) is 5.32 Å². The molecule has 2 saturated heterocycles. The van der Waals surface area contributed by atoms with Gasteiger partial charge in [0, 0.05) is 28.3 Å². The van der Waals surface area contributed by atoms with Gasteiger partial charge in [-0.05, 0) is 43.5 Å². The largest absolute Gasteiger partial charge is 0.359 e. The Morgan fingerprint density at radius 1 is 1.03 bits per heavy atom. The lowest BCUT2D eigenvalue weighted by molar-refractivity contribution is -0.142. The molecule has 2 aromatic carbocycles. The zero-order valence-corrected chi connectivity index (χ0v) is 23.2. The minimum Gasteiger partial charge on any atom is -0.359 e. The van der Waals surface area contributed by atoms with E-state index in [0.29, 0.717) is 15.7 Å². The zero-order valence-electron chi connectivity index (χ0n) is 21.7. The van der Waals surface area contributed by atoms with Crippen molar-refractivity contribution < 1.29 is 19.1 Å². The van der Waals surface area contributed by atoms with E-state index in [1.54, 1.807) is 23.1 Å². The van der Waals surface area contributed by atoms with Gasteiger partial charge in [0.05, 0.1) is 17.9 Å². The third-order valence-corrected chi connectivity index (χ3v) is 8.92. The number of fused-ring (bicyclic) bond motifs is 1. The van der Waals surface area contributed by atoms with Crippen molar-refractivity contribution in [2.45, 2.75) is 69.4 Å². The average molecular weight is 569 g/mol. The lowest BCUT2D eigenvalue weighted by Gasteiger charge is -2.34. The first-order chi connectivity index (χ1) is 18.7. The van der Waals surface area contributed by atoms with Gasteiger partial charge >= 0.3 is 0 Å². The van der Waals surface area contributed by atoms with Crippen LogP contribution >= 0.6 is 23.2 Å². The number of hydrogen-bond donors (Lipinski definition) is 2. The van der Waals surface area contributed by atoms with Crippen LogP contribution < -0.4 is 10.6 Å². The molecule has 7 nitrogen and oxygen atoms in total. The van der Waals surface area contributed by atoms with Crippen molar-refractivity contribution in [2.24, 2.45) is 11.8 Å². The van der Waals surface area contributed by atoms with Crippen LogP contribution in [0, 0.1) is 18.8 Å². The summed E-state index contributed by atoms with van der Waals surface area (Å²) in [5.74, 6) is -2.47. The molecule has 4 aliphatic rings. The maximum absolute atomic E-state index is 14.1. The number of rotatable bonds is 6. The Kier molecular flexibility index (Phi) is 6.94. The molecule has 0 unspecified atom stereocenters. The Balaban J connectivity index is 1.32. The molecular weight excluding hydrogens is 537 g/mol. The van der Waals surface area contributed by atoms with Crippen LogP contribution in [-0.2, 0) is 25.7 Å². The first-order valence-electron chi connectivity index (χ1n) is 13.6. The number of aryl methyl sites for hydroxylation is 1. The maximum atomic E-state index is 14.1. The first kappa shape index (κ1) is 26.4. The Labute approximate surface area is 237 Å². The van der Waals surface area contributed by atoms with E-state index in [9.17, 15) is 14.4 Å². The van der Waals surface area contributed by atoms with E-state index >= 15 is 0 Å². The van der Waals surface area contributed by atoms with Gasteiger partial charge < -0.3 is 20.3 Å². The third-order valence-electron chi connectivity index (χ3n) is 8.48. The summed E-state index contributed by atoms with van der Waals surface area (Å²) in [6.07, 6.45) is 8.20. The first-order valence-corrected chi connectivity index (χ1v) is 14.3. The minimum atomic E-state index is -1.21. The minimum absolute atomic E-state index is 0.0762. The molecule has 39 heavy (non-hydrogen) atoms. The number of amides is 3. The standard InChI is InChI=1S/C30H31Cl2N3O4/c1-17-7-9-18(10-8-17)16-35-26(28(37)33-21-5-3-2-4-6-21)30-12-11-23(39-30)24(25(30)29(35)38)27(36)34-22-14-19(31)13-20(32)15-22/h7-15,21,23-26H,2-6,16H2,1H3,(H,33,37)(H,34,36)/t23-,24-,25-,26+,30-/m0/s1. The van der Waals surface area contributed by atoms with E-state index in [0.717, 1.165) is 36.8 Å². The van der Waals surface area contributed by atoms with Crippen molar-refractivity contribution in [1.82, 2.24) is 10.2 Å². The van der Waals surface area contributed by atoms with Gasteiger partial charge in [0.15, 0.2) is 0 Å². The fourth-order valence-corrected chi connectivity index (χ4v) is 7.23. The molecule has 3 fully saturated rings. The van der Waals surface area contributed by atoms with E-state index in [1.807, 2.05) is 43.3 Å². The second-order valence-electron chi connectivity index (χ2n) is 11.1. The Morgan fingerprint density at radius 2 is 1.72 bits per heavy atom. The van der Waals surface area contributed by atoms with E-state index in [-0.39, 0.29) is 30.3 Å². The zero-order chi connectivity index (χ0) is 27.3. The van der Waals surface area contributed by atoms with Crippen LogP contribution in [0.3, 0.4) is 0 Å². The van der Waals surface area contributed by atoms with E-state index in [2.05, 4.69) is 10.6 Å². The molecule has 1 saturated carbocycles. The van der Waals surface area contributed by atoms with Gasteiger partial charge in [0.25, 0.3) is 0 Å². The molecular formula is C30H31Cl2N3O4. The molecule has 5 atom stereocenters. The number of nitrogens with one attached hydrogen (secondary N) is 2. The van der Waals surface area contributed by atoms with Crippen molar-refractivity contribution >= 4 is 46.6 Å². The van der Waals surface area contributed by atoms with Gasteiger partial charge in [-0.25, -0.2) is 0 Å². The van der Waals surface area contributed by atoms with Gasteiger partial charge in [-0.2, -0.15) is 0 Å². The molecule has 204 valence electrons. The van der Waals surface area contributed by atoms with Crippen molar-refractivity contribution in [3.63, 3.8) is 0 Å². The number of likely N-dealkylation sites (tertiary alicyclic amines) is 1. The molecule has 6 rings (SSSR count). The maximum Gasteiger partial charge on any atom is 0.246 e. The van der Waals surface area contributed by atoms with Crippen LogP contribution in [0.5, 0.6) is 0 Å². The van der Waals surface area contributed by atoms with Gasteiger partial charge in [-0.15, -0.1) is 0 Å². The number of halogens is 2. The van der Waals surface area contributed by atoms with Crippen LogP contribution in [0.4, 0.5) is 5.69 Å². The summed E-state index contributed by atoms with van der Waals surface area (Å²) in [6, 6.07) is 11.9. The molecule has 0 aromatic heterocycles. The highest BCUT2D eigenvalue weighted by Crippen LogP contribution is 2.55. The lowest BCUT2D eigenvalue weighted by Crippen LogP contribution is -2.56. The fraction of sp³-hybridized carbons (Fsp3) is 0.433. The van der Waals surface area contributed by atoms with Crippen molar-refractivity contribution in [1.29, 1.82) is 0 Å². The summed E-state index contributed by atoms with van der Waals surface area (Å²) in [5, 5.41) is 6.86. The highest BCUT2D eigenvalue weighted by atomic mass is 35.5. The topological polar surface area (TPSA) is 87.7 Å². The van der Waals surface area contributed by atoms with Crippen LogP contribution in [0.25, 0.3) is 0 Å². The predicted molar refractivity (Wildman–Crippen MR) is 149 cm³/mol. The number of hydrogen-bond acceptors (Lipinski definition) is 4. The van der Waals surface area contributed by atoms with E-state index < -0.39 is 29.6 Å². The van der Waals surface area contributed by atoms with Gasteiger partial charge in [0.2, 0.25) is 17.7 Å². The Morgan fingerprint density at radius 3 is 2.41 bits per heavy atom. The van der Waals surface area contributed by atoms with Gasteiger partial charge in [-0.1, -0.05) is 84.4 Å². The Hall–Kier alpha value is -2.87. The second-order valence-corrected chi connectivity index (χ2v) is 12.0. The van der Waals surface area contributed by atoms with E-state index in [1.165, 1.54) is 6.42 Å². The second kappa shape index (κ2) is 10.3. The number of carbonyl (C=O) groups is 3. The van der Waals surface area contributed by atoms with Crippen LogP contribution in [0.1, 0.15) is 43.2 Å². The van der Waals surface area contributed by atoms with Gasteiger partial charge in [0.1, 0.15) is 11.6 Å². The molecule has 2 bridgehead atoms. The van der Waals surface area contributed by atoms with Crippen molar-refractivity contribution in [3.8, 4) is 0 Å². The molecule has 2 N–H and O–H groups in total. The number of anilines is 1. The molecule has 1 spiro atoms. The normalized spacial score (nSPS) is 29.5. The molecule has 3 amide bonds. The highest BCUT2D eigenvalue weighted by molar-refractivity contribution is 6.35. The fourth-order valence-electron chi connectivity index (χ4n) is 6.71. The quantitative estimate of drug-likeness (QED) is 0.478. The molecule has 3 heterocycles. The van der Waals surface area contributed by atoms with Crippen molar-refractivity contribution in [3.05, 3.63) is 75.8 Å². The van der Waals surface area contributed by atoms with Crippen LogP contribution in [0.2, 0.25) is 10.0 Å². The monoisotopic (exact) mass is 567 g/mol. The Bertz CT molecular complexity index is 1320. The summed E-state index contributed by atoms with van der Waals surface area (Å²) in [4.78, 5) is 43.3. The molecule has 2 aromatic rings. The smallest absolute Gasteiger partial charge is 0.246 e. The summed E-state index contributed by atoms with van der Waals surface area (Å²) < 4.78 is 6.44. The van der Waals surface area contributed by atoms with E-state index in [4.69, 9.17) is 27.9 Å².